The zero-order chi connectivity index (χ0) is 11.0. The zero-order valence-corrected chi connectivity index (χ0v) is 9.50. The molecule has 0 aliphatic heterocycles. The number of aliphatic hydroxyl groups is 1. The summed E-state index contributed by atoms with van der Waals surface area (Å²) in [5.74, 6) is -1.75. The molecule has 2 aliphatic rings. The lowest BCUT2D eigenvalue weighted by Gasteiger charge is -2.21. The van der Waals surface area contributed by atoms with Crippen LogP contribution in [0.4, 0.5) is 4.39 Å². The lowest BCUT2D eigenvalue weighted by molar-refractivity contribution is -0.126. The van der Waals surface area contributed by atoms with E-state index < -0.39 is 18.0 Å². The highest BCUT2D eigenvalue weighted by atomic mass is 79.9. The topological polar surface area (TPSA) is 49.3 Å². The first-order valence-corrected chi connectivity index (χ1v) is 5.59. The number of amides is 1. The van der Waals surface area contributed by atoms with E-state index in [0.717, 1.165) is 12.8 Å². The van der Waals surface area contributed by atoms with Gasteiger partial charge in [0.15, 0.2) is 0 Å². The highest BCUT2D eigenvalue weighted by molar-refractivity contribution is 9.11. The molecule has 5 heteroatoms. The van der Waals surface area contributed by atoms with Gasteiger partial charge in [-0.1, -0.05) is 15.9 Å². The van der Waals surface area contributed by atoms with E-state index in [0.29, 0.717) is 4.48 Å². The number of aliphatic hydroxyl groups excluding tert-OH is 1. The molecule has 2 atom stereocenters. The third-order valence-corrected chi connectivity index (χ3v) is 2.94. The van der Waals surface area contributed by atoms with Crippen molar-refractivity contribution >= 4 is 21.8 Å². The van der Waals surface area contributed by atoms with Crippen molar-refractivity contribution in [2.24, 2.45) is 5.92 Å². The first-order chi connectivity index (χ1) is 7.08. The summed E-state index contributed by atoms with van der Waals surface area (Å²) in [6.07, 6.45) is 3.05. The van der Waals surface area contributed by atoms with E-state index in [1.54, 1.807) is 0 Å². The van der Waals surface area contributed by atoms with Crippen molar-refractivity contribution in [1.82, 2.24) is 5.32 Å². The molecule has 1 saturated carbocycles. The number of hydrogen-bond acceptors (Lipinski definition) is 2. The standard InChI is InChI=1S/C10H11BrFNO2/c11-5-3-7(12)9(8(14)4-5)10(15)13-6-1-2-6/h3-4,6-7,9,14H,1-2H2,(H,13,15)/t7-,9?/m0/s1. The highest BCUT2D eigenvalue weighted by Crippen LogP contribution is 2.29. The minimum absolute atomic E-state index is 0.173. The van der Waals surface area contributed by atoms with Crippen molar-refractivity contribution in [3.8, 4) is 0 Å². The summed E-state index contributed by atoms with van der Waals surface area (Å²) in [7, 11) is 0. The molecule has 2 aliphatic carbocycles. The Labute approximate surface area is 95.2 Å². The molecule has 0 spiro atoms. The van der Waals surface area contributed by atoms with Gasteiger partial charge in [-0.15, -0.1) is 0 Å². The Hall–Kier alpha value is -0.840. The van der Waals surface area contributed by atoms with Crippen LogP contribution in [0.1, 0.15) is 12.8 Å². The molecule has 2 rings (SSSR count). The van der Waals surface area contributed by atoms with Crippen LogP contribution in [0.3, 0.4) is 0 Å². The summed E-state index contributed by atoms with van der Waals surface area (Å²) in [5.41, 5.74) is 0. The van der Waals surface area contributed by atoms with Crippen LogP contribution in [-0.4, -0.2) is 23.2 Å². The van der Waals surface area contributed by atoms with Gasteiger partial charge in [0.2, 0.25) is 5.91 Å². The van der Waals surface area contributed by atoms with Crippen LogP contribution in [0.25, 0.3) is 0 Å². The molecule has 82 valence electrons. The first-order valence-electron chi connectivity index (χ1n) is 4.80. The molecule has 0 saturated heterocycles. The maximum atomic E-state index is 13.5. The molecular formula is C10H11BrFNO2. The number of allylic oxidation sites excluding steroid dienone is 3. The van der Waals surface area contributed by atoms with Gasteiger partial charge in [-0.3, -0.25) is 4.79 Å². The SMILES string of the molecule is O=C(NC1CC1)C1C(O)=CC(Br)=C[C@@H]1F. The van der Waals surface area contributed by atoms with Gasteiger partial charge in [-0.05, 0) is 25.0 Å². The van der Waals surface area contributed by atoms with Gasteiger partial charge in [0.1, 0.15) is 17.8 Å². The van der Waals surface area contributed by atoms with Crippen LogP contribution in [0.5, 0.6) is 0 Å². The fourth-order valence-corrected chi connectivity index (χ4v) is 1.98. The number of halogens is 2. The van der Waals surface area contributed by atoms with E-state index in [1.165, 1.54) is 12.2 Å². The molecule has 1 fully saturated rings. The number of hydrogen-bond donors (Lipinski definition) is 2. The van der Waals surface area contributed by atoms with Gasteiger partial charge in [0, 0.05) is 10.5 Å². The highest BCUT2D eigenvalue weighted by Gasteiger charge is 2.36. The van der Waals surface area contributed by atoms with Crippen molar-refractivity contribution in [3.05, 3.63) is 22.4 Å². The normalized spacial score (nSPS) is 30.5. The van der Waals surface area contributed by atoms with E-state index in [2.05, 4.69) is 21.2 Å². The average Bonchev–Trinajstić information content (AvgIpc) is 2.85. The van der Waals surface area contributed by atoms with E-state index in [-0.39, 0.29) is 11.8 Å². The van der Waals surface area contributed by atoms with Crippen molar-refractivity contribution in [1.29, 1.82) is 0 Å². The molecule has 1 unspecified atom stereocenters. The maximum Gasteiger partial charge on any atom is 0.234 e. The fraction of sp³-hybridized carbons (Fsp3) is 0.500. The summed E-state index contributed by atoms with van der Waals surface area (Å²) in [4.78, 5) is 11.6. The number of rotatable bonds is 2. The van der Waals surface area contributed by atoms with Gasteiger partial charge in [-0.2, -0.15) is 0 Å². The number of carbonyl (C=O) groups excluding carboxylic acids is 1. The van der Waals surface area contributed by atoms with Crippen molar-refractivity contribution in [2.45, 2.75) is 25.1 Å². The molecule has 0 aromatic rings. The fourth-order valence-electron chi connectivity index (χ4n) is 1.49. The van der Waals surface area contributed by atoms with Crippen LogP contribution >= 0.6 is 15.9 Å². The van der Waals surface area contributed by atoms with Crippen LogP contribution in [0.15, 0.2) is 22.4 Å². The largest absolute Gasteiger partial charge is 0.511 e. The zero-order valence-electron chi connectivity index (χ0n) is 7.91. The van der Waals surface area contributed by atoms with E-state index in [9.17, 15) is 14.3 Å². The van der Waals surface area contributed by atoms with Crippen LogP contribution in [0, 0.1) is 5.92 Å². The van der Waals surface area contributed by atoms with Gasteiger partial charge in [-0.25, -0.2) is 4.39 Å². The number of nitrogens with one attached hydrogen (secondary N) is 1. The monoisotopic (exact) mass is 275 g/mol. The maximum absolute atomic E-state index is 13.5. The van der Waals surface area contributed by atoms with Gasteiger partial charge < -0.3 is 10.4 Å². The predicted octanol–water partition coefficient (Wildman–Crippen LogP) is 1.95. The Kier molecular flexibility index (Phi) is 2.82. The smallest absolute Gasteiger partial charge is 0.234 e. The van der Waals surface area contributed by atoms with E-state index in [1.807, 2.05) is 0 Å². The Morgan fingerprint density at radius 1 is 1.60 bits per heavy atom. The van der Waals surface area contributed by atoms with Gasteiger partial charge >= 0.3 is 0 Å². The molecule has 0 radical (unpaired) electrons. The van der Waals surface area contributed by atoms with E-state index >= 15 is 0 Å². The molecule has 2 N–H and O–H groups in total. The van der Waals surface area contributed by atoms with Crippen LogP contribution in [-0.2, 0) is 4.79 Å². The molecule has 0 aromatic carbocycles. The molecule has 3 nitrogen and oxygen atoms in total. The number of carbonyl (C=O) groups is 1. The second-order valence-electron chi connectivity index (χ2n) is 3.83. The molecule has 0 aromatic heterocycles. The summed E-state index contributed by atoms with van der Waals surface area (Å²) >= 11 is 3.06. The Morgan fingerprint density at radius 2 is 2.27 bits per heavy atom. The van der Waals surface area contributed by atoms with Crippen molar-refractivity contribution in [2.75, 3.05) is 0 Å². The summed E-state index contributed by atoms with van der Waals surface area (Å²) in [6.45, 7) is 0. The third-order valence-electron chi connectivity index (χ3n) is 2.45. The number of alkyl halides is 1. The quantitative estimate of drug-likeness (QED) is 0.810. The Balaban J connectivity index is 2.07. The minimum atomic E-state index is -1.47. The second kappa shape index (κ2) is 3.96. The molecule has 0 bridgehead atoms. The summed E-state index contributed by atoms with van der Waals surface area (Å²) in [5, 5.41) is 12.2. The van der Waals surface area contributed by atoms with Crippen LogP contribution < -0.4 is 5.32 Å². The lowest BCUT2D eigenvalue weighted by Crippen LogP contribution is -2.38. The second-order valence-corrected chi connectivity index (χ2v) is 4.74. The van der Waals surface area contributed by atoms with Crippen LogP contribution in [0.2, 0.25) is 0 Å². The Morgan fingerprint density at radius 3 is 2.80 bits per heavy atom. The Bertz CT molecular complexity index is 349. The summed E-state index contributed by atoms with van der Waals surface area (Å²) in [6, 6.07) is 0.173. The van der Waals surface area contributed by atoms with E-state index in [4.69, 9.17) is 0 Å². The molecule has 1 amide bonds. The molecular weight excluding hydrogens is 265 g/mol. The van der Waals surface area contributed by atoms with Gasteiger partial charge in [0.25, 0.3) is 0 Å². The van der Waals surface area contributed by atoms with Crippen molar-refractivity contribution < 1.29 is 14.3 Å². The molecule has 0 heterocycles. The van der Waals surface area contributed by atoms with Crippen molar-refractivity contribution in [3.63, 3.8) is 0 Å². The molecule has 15 heavy (non-hydrogen) atoms. The first kappa shape index (κ1) is 10.7. The predicted molar refractivity (Wildman–Crippen MR) is 57.3 cm³/mol. The lowest BCUT2D eigenvalue weighted by atomic mass is 9.95. The summed E-state index contributed by atoms with van der Waals surface area (Å²) < 4.78 is 14.0. The average molecular weight is 276 g/mol. The third kappa shape index (κ3) is 2.40. The minimum Gasteiger partial charge on any atom is -0.511 e. The van der Waals surface area contributed by atoms with Gasteiger partial charge in [0.05, 0.1) is 0 Å².